The summed E-state index contributed by atoms with van der Waals surface area (Å²) >= 11 is 0. The van der Waals surface area contributed by atoms with Crippen LogP contribution < -0.4 is 19.9 Å². The van der Waals surface area contributed by atoms with E-state index in [4.69, 9.17) is 4.74 Å². The molecule has 1 aliphatic rings. The largest absolute Gasteiger partial charge is 0.492 e. The van der Waals surface area contributed by atoms with Gasteiger partial charge in [-0.05, 0) is 73.9 Å². The molecule has 1 aliphatic heterocycles. The van der Waals surface area contributed by atoms with E-state index in [-0.39, 0.29) is 11.6 Å². The van der Waals surface area contributed by atoms with E-state index in [0.29, 0.717) is 34.9 Å². The van der Waals surface area contributed by atoms with E-state index in [0.717, 1.165) is 16.8 Å². The lowest BCUT2D eigenvalue weighted by molar-refractivity contribution is -0.120. The van der Waals surface area contributed by atoms with E-state index in [2.05, 4.69) is 5.32 Å². The predicted molar refractivity (Wildman–Crippen MR) is 137 cm³/mol. The molecule has 3 aromatic rings. The lowest BCUT2D eigenvalue weighted by atomic mass is 9.99. The maximum absolute atomic E-state index is 13.7. The van der Waals surface area contributed by atoms with Crippen molar-refractivity contribution in [3.63, 3.8) is 0 Å². The molecule has 0 fully saturated rings. The molecule has 6 nitrogen and oxygen atoms in total. The summed E-state index contributed by atoms with van der Waals surface area (Å²) in [6.07, 6.45) is 0. The summed E-state index contributed by atoms with van der Waals surface area (Å²) in [5.41, 5.74) is 5.58. The van der Waals surface area contributed by atoms with Gasteiger partial charge in [-0.15, -0.1) is 0 Å². The fourth-order valence-electron chi connectivity index (χ4n) is 3.93. The van der Waals surface area contributed by atoms with Crippen LogP contribution in [0, 0.1) is 13.8 Å². The van der Waals surface area contributed by atoms with Crippen LogP contribution >= 0.6 is 0 Å². The standard InChI is InChI=1S/C28H29N3O3/c1-6-34-24-10-8-7-9-23(24)29-26-25(20-12-11-18(2)19(3)17-20)27(32)31(28(26)33)22-15-13-21(14-16-22)30(4)5/h7-17,29H,6H2,1-5H3. The molecule has 6 heteroatoms. The zero-order valence-corrected chi connectivity index (χ0v) is 20.2. The highest BCUT2D eigenvalue weighted by Crippen LogP contribution is 2.36. The van der Waals surface area contributed by atoms with E-state index in [9.17, 15) is 9.59 Å². The zero-order chi connectivity index (χ0) is 24.4. The summed E-state index contributed by atoms with van der Waals surface area (Å²) in [5, 5.41) is 3.22. The van der Waals surface area contributed by atoms with Crippen molar-refractivity contribution in [2.45, 2.75) is 20.8 Å². The molecule has 0 bridgehead atoms. The second-order valence-electron chi connectivity index (χ2n) is 8.46. The van der Waals surface area contributed by atoms with E-state index in [1.54, 1.807) is 12.1 Å². The van der Waals surface area contributed by atoms with Crippen molar-refractivity contribution >= 4 is 34.4 Å². The molecule has 1 heterocycles. The minimum Gasteiger partial charge on any atom is -0.492 e. The number of ether oxygens (including phenoxy) is 1. The zero-order valence-electron chi connectivity index (χ0n) is 20.2. The summed E-state index contributed by atoms with van der Waals surface area (Å²) < 4.78 is 5.73. The van der Waals surface area contributed by atoms with Crippen molar-refractivity contribution in [2.75, 3.05) is 35.8 Å². The number of aryl methyl sites for hydroxylation is 2. The lowest BCUT2D eigenvalue weighted by Gasteiger charge is -2.18. The van der Waals surface area contributed by atoms with Crippen molar-refractivity contribution in [1.82, 2.24) is 0 Å². The third-order valence-electron chi connectivity index (χ3n) is 5.95. The minimum atomic E-state index is -0.401. The Balaban J connectivity index is 1.82. The normalized spacial score (nSPS) is 13.5. The second-order valence-corrected chi connectivity index (χ2v) is 8.46. The minimum absolute atomic E-state index is 0.233. The molecular weight excluding hydrogens is 426 g/mol. The first-order valence-corrected chi connectivity index (χ1v) is 11.3. The van der Waals surface area contributed by atoms with Gasteiger partial charge in [0.1, 0.15) is 11.4 Å². The molecule has 1 N–H and O–H groups in total. The Kier molecular flexibility index (Phi) is 6.41. The molecule has 0 spiro atoms. The summed E-state index contributed by atoms with van der Waals surface area (Å²) in [6, 6.07) is 20.6. The Morgan fingerprint density at radius 2 is 1.59 bits per heavy atom. The lowest BCUT2D eigenvalue weighted by Crippen LogP contribution is -2.32. The van der Waals surface area contributed by atoms with Crippen LogP contribution in [0.5, 0.6) is 5.75 Å². The van der Waals surface area contributed by atoms with Gasteiger partial charge in [0.2, 0.25) is 0 Å². The number of carbonyl (C=O) groups is 2. The molecular formula is C28H29N3O3. The number of para-hydroxylation sites is 2. The molecule has 4 rings (SSSR count). The summed E-state index contributed by atoms with van der Waals surface area (Å²) in [7, 11) is 3.89. The number of hydrogen-bond acceptors (Lipinski definition) is 5. The van der Waals surface area contributed by atoms with Gasteiger partial charge >= 0.3 is 0 Å². The number of hydrogen-bond donors (Lipinski definition) is 1. The van der Waals surface area contributed by atoms with Crippen LogP contribution in [0.2, 0.25) is 0 Å². The van der Waals surface area contributed by atoms with Crippen LogP contribution in [0.15, 0.2) is 72.4 Å². The average Bonchev–Trinajstić information content (AvgIpc) is 3.06. The number of nitrogens with one attached hydrogen (secondary N) is 1. The van der Waals surface area contributed by atoms with Crippen molar-refractivity contribution in [3.05, 3.63) is 89.1 Å². The topological polar surface area (TPSA) is 61.9 Å². The summed E-state index contributed by atoms with van der Waals surface area (Å²) in [4.78, 5) is 30.6. The Morgan fingerprint density at radius 1 is 0.882 bits per heavy atom. The highest BCUT2D eigenvalue weighted by molar-refractivity contribution is 6.46. The number of benzene rings is 3. The maximum atomic E-state index is 13.7. The van der Waals surface area contributed by atoms with Crippen molar-refractivity contribution in [1.29, 1.82) is 0 Å². The fourth-order valence-corrected chi connectivity index (χ4v) is 3.93. The third-order valence-corrected chi connectivity index (χ3v) is 5.95. The Morgan fingerprint density at radius 3 is 2.24 bits per heavy atom. The fraction of sp³-hybridized carbons (Fsp3) is 0.214. The number of rotatable bonds is 7. The smallest absolute Gasteiger partial charge is 0.282 e. The van der Waals surface area contributed by atoms with Crippen LogP contribution in [-0.2, 0) is 9.59 Å². The second kappa shape index (κ2) is 9.43. The molecule has 0 aromatic heterocycles. The monoisotopic (exact) mass is 455 g/mol. The van der Waals surface area contributed by atoms with Gasteiger partial charge in [0.15, 0.2) is 0 Å². The van der Waals surface area contributed by atoms with Crippen molar-refractivity contribution < 1.29 is 14.3 Å². The van der Waals surface area contributed by atoms with Crippen molar-refractivity contribution in [3.8, 4) is 5.75 Å². The molecule has 3 aromatic carbocycles. The first-order chi connectivity index (χ1) is 16.3. The van der Waals surface area contributed by atoms with E-state index < -0.39 is 5.91 Å². The number of anilines is 3. The molecule has 0 atom stereocenters. The maximum Gasteiger partial charge on any atom is 0.282 e. The molecule has 0 aliphatic carbocycles. The Labute approximate surface area is 200 Å². The first kappa shape index (κ1) is 23.1. The number of imide groups is 1. The van der Waals surface area contributed by atoms with Crippen LogP contribution in [-0.4, -0.2) is 32.5 Å². The molecule has 0 radical (unpaired) electrons. The number of carbonyl (C=O) groups excluding carboxylic acids is 2. The molecule has 0 saturated heterocycles. The first-order valence-electron chi connectivity index (χ1n) is 11.3. The van der Waals surface area contributed by atoms with Gasteiger partial charge in [-0.3, -0.25) is 9.59 Å². The van der Waals surface area contributed by atoms with Gasteiger partial charge < -0.3 is 15.0 Å². The number of nitrogens with zero attached hydrogens (tertiary/aromatic N) is 2. The van der Waals surface area contributed by atoms with Gasteiger partial charge in [-0.25, -0.2) is 4.90 Å². The van der Waals surface area contributed by atoms with Crippen molar-refractivity contribution in [2.24, 2.45) is 0 Å². The quantitative estimate of drug-likeness (QED) is 0.499. The summed E-state index contributed by atoms with van der Waals surface area (Å²) in [6.45, 7) is 6.40. The van der Waals surface area contributed by atoms with E-state index >= 15 is 0 Å². The van der Waals surface area contributed by atoms with E-state index in [1.165, 1.54) is 4.90 Å². The molecule has 34 heavy (non-hydrogen) atoms. The van der Waals surface area contributed by atoms with Crippen LogP contribution in [0.3, 0.4) is 0 Å². The Hall–Kier alpha value is -4.06. The highest BCUT2D eigenvalue weighted by Gasteiger charge is 2.40. The SMILES string of the molecule is CCOc1ccccc1NC1=C(c2ccc(C)c(C)c2)C(=O)N(c2ccc(N(C)C)cc2)C1=O. The third kappa shape index (κ3) is 4.27. The van der Waals surface area contributed by atoms with Gasteiger partial charge in [-0.1, -0.05) is 30.3 Å². The molecule has 0 saturated carbocycles. The summed E-state index contributed by atoms with van der Waals surface area (Å²) in [5.74, 6) is -0.143. The number of amides is 2. The molecule has 2 amide bonds. The predicted octanol–water partition coefficient (Wildman–Crippen LogP) is 5.16. The van der Waals surface area contributed by atoms with E-state index in [1.807, 2.05) is 94.4 Å². The van der Waals surface area contributed by atoms with Crippen LogP contribution in [0.4, 0.5) is 17.1 Å². The van der Waals surface area contributed by atoms with Crippen LogP contribution in [0.1, 0.15) is 23.6 Å². The van der Waals surface area contributed by atoms with Gasteiger partial charge in [0, 0.05) is 19.8 Å². The average molecular weight is 456 g/mol. The Bertz CT molecular complexity index is 1280. The molecule has 0 unspecified atom stereocenters. The molecule has 174 valence electrons. The highest BCUT2D eigenvalue weighted by atomic mass is 16.5. The van der Waals surface area contributed by atoms with Crippen LogP contribution in [0.25, 0.3) is 5.57 Å². The van der Waals surface area contributed by atoms with Gasteiger partial charge in [0.25, 0.3) is 11.8 Å². The van der Waals surface area contributed by atoms with Gasteiger partial charge in [-0.2, -0.15) is 0 Å². The van der Waals surface area contributed by atoms with Gasteiger partial charge in [0.05, 0.1) is 23.6 Å².